The van der Waals surface area contributed by atoms with E-state index in [0.717, 1.165) is 118 Å². The molecule has 0 saturated heterocycles. The van der Waals surface area contributed by atoms with Crippen LogP contribution in [-0.2, 0) is 10.8 Å². The van der Waals surface area contributed by atoms with Crippen molar-refractivity contribution in [1.82, 2.24) is 9.97 Å². The van der Waals surface area contributed by atoms with Crippen LogP contribution in [-0.4, -0.2) is 16.7 Å². The van der Waals surface area contributed by atoms with E-state index in [2.05, 4.69) is 373 Å². The minimum absolute atomic E-state index is 0.119. The van der Waals surface area contributed by atoms with Gasteiger partial charge in [-0.05, 0) is 196 Å². The van der Waals surface area contributed by atoms with Crippen molar-refractivity contribution >= 4 is 57.2 Å². The van der Waals surface area contributed by atoms with Crippen molar-refractivity contribution in [3.63, 3.8) is 0 Å². The van der Waals surface area contributed by atoms with Gasteiger partial charge in [0.25, 0.3) is 6.71 Å². The molecule has 0 N–H and O–H groups in total. The Kier molecular flexibility index (Phi) is 14.8. The first-order valence-electron chi connectivity index (χ1n) is 33.1. The number of benzene rings is 13. The average molecular weight is 1220 g/mol. The summed E-state index contributed by atoms with van der Waals surface area (Å²) >= 11 is 0. The van der Waals surface area contributed by atoms with Crippen LogP contribution in [0.1, 0.15) is 52.7 Å². The predicted octanol–water partition coefficient (Wildman–Crippen LogP) is 22.2. The van der Waals surface area contributed by atoms with E-state index in [1.54, 1.807) is 0 Å². The minimum Gasteiger partial charge on any atom is -0.311 e. The van der Waals surface area contributed by atoms with Gasteiger partial charge in [-0.15, -0.1) is 0 Å². The van der Waals surface area contributed by atoms with Crippen LogP contribution >= 0.6 is 0 Å². The Balaban J connectivity index is 1.01. The molecule has 16 rings (SSSR count). The molecule has 2 aliphatic heterocycles. The summed E-state index contributed by atoms with van der Waals surface area (Å²) in [5.41, 5.74) is 30.8. The van der Waals surface area contributed by atoms with Crippen molar-refractivity contribution in [1.29, 1.82) is 0 Å². The Morgan fingerprint density at radius 3 is 0.832 bits per heavy atom. The zero-order valence-corrected chi connectivity index (χ0v) is 54.5. The second kappa shape index (κ2) is 23.9. The maximum atomic E-state index is 5.90. The van der Waals surface area contributed by atoms with Gasteiger partial charge < -0.3 is 9.80 Å². The molecule has 3 heterocycles. The third kappa shape index (κ3) is 11.2. The van der Waals surface area contributed by atoms with Crippen LogP contribution in [0.3, 0.4) is 0 Å². The average Bonchev–Trinajstić information content (AvgIpc) is 0.694. The van der Waals surface area contributed by atoms with Crippen LogP contribution < -0.4 is 26.2 Å². The van der Waals surface area contributed by atoms with Crippen molar-refractivity contribution in [3.05, 3.63) is 333 Å². The normalized spacial score (nSPS) is 12.5. The summed E-state index contributed by atoms with van der Waals surface area (Å²) in [7, 11) is 0. The number of hydrogen-bond acceptors (Lipinski definition) is 4. The topological polar surface area (TPSA) is 32.3 Å². The minimum atomic E-state index is -0.139. The maximum absolute atomic E-state index is 5.90. The molecule has 0 atom stereocenters. The predicted molar refractivity (Wildman–Crippen MR) is 402 cm³/mol. The largest absolute Gasteiger partial charge is 0.311 e. The first kappa shape index (κ1) is 58.7. The van der Waals surface area contributed by atoms with E-state index in [0.29, 0.717) is 5.82 Å². The molecule has 1 aromatic heterocycles. The van der Waals surface area contributed by atoms with Crippen LogP contribution in [0.5, 0.6) is 0 Å². The van der Waals surface area contributed by atoms with Gasteiger partial charge in [0.2, 0.25) is 0 Å². The molecule has 2 aliphatic rings. The van der Waals surface area contributed by atoms with E-state index in [1.807, 2.05) is 0 Å². The van der Waals surface area contributed by atoms with E-state index in [4.69, 9.17) is 9.97 Å². The van der Waals surface area contributed by atoms with Gasteiger partial charge in [0.1, 0.15) is 0 Å². The number of anilines is 6. The number of nitrogens with zero attached hydrogens (tertiary/aromatic N) is 4. The van der Waals surface area contributed by atoms with Crippen molar-refractivity contribution in [2.24, 2.45) is 0 Å². The summed E-state index contributed by atoms with van der Waals surface area (Å²) in [6, 6.07) is 118. The highest BCUT2D eigenvalue weighted by Crippen LogP contribution is 2.48. The summed E-state index contributed by atoms with van der Waals surface area (Å²) in [5.74, 6) is 0.618. The second-order valence-electron chi connectivity index (χ2n) is 27.4. The first-order valence-corrected chi connectivity index (χ1v) is 33.1. The summed E-state index contributed by atoms with van der Waals surface area (Å²) in [6.07, 6.45) is 0. The highest BCUT2D eigenvalue weighted by molar-refractivity contribution is 7.00. The SMILES string of the molecule is CC(C)(C)c1ccc2c(c1)B1c3cc(C(C)(C)C)ccc3N(c3ccc(-c4ccccc4)cc3)c3cc(-c4nc(-c5cc(-c6ccccc6)cc(-c6ccccc6)c5)cc(-c5cc(-c6ccccc6)cc(-c6ccccc6)c5)n4)cc(c31)N2c1ccc(-c2ccccc2)cc1. The zero-order chi connectivity index (χ0) is 64.4. The maximum Gasteiger partial charge on any atom is 0.252 e. The van der Waals surface area contributed by atoms with Crippen molar-refractivity contribution in [2.75, 3.05) is 9.80 Å². The van der Waals surface area contributed by atoms with E-state index in [9.17, 15) is 0 Å². The molecule has 13 aromatic carbocycles. The van der Waals surface area contributed by atoms with Crippen molar-refractivity contribution < 1.29 is 0 Å². The Hall–Kier alpha value is -11.4. The van der Waals surface area contributed by atoms with E-state index < -0.39 is 0 Å². The lowest BCUT2D eigenvalue weighted by molar-refractivity contribution is 0.590. The molecular weight excluding hydrogens is 1150 g/mol. The molecule has 454 valence electrons. The highest BCUT2D eigenvalue weighted by atomic mass is 15.2. The Bertz CT molecular complexity index is 4720. The monoisotopic (exact) mass is 1220 g/mol. The summed E-state index contributed by atoms with van der Waals surface area (Å²) in [6.45, 7) is 13.9. The van der Waals surface area contributed by atoms with Crippen LogP contribution in [0.15, 0.2) is 322 Å². The number of aromatic nitrogens is 2. The number of hydrogen-bond donors (Lipinski definition) is 0. The van der Waals surface area contributed by atoms with E-state index in [1.165, 1.54) is 38.6 Å². The highest BCUT2D eigenvalue weighted by Gasteiger charge is 2.45. The first-order chi connectivity index (χ1) is 46.3. The smallest absolute Gasteiger partial charge is 0.252 e. The molecule has 0 fully saturated rings. The molecule has 95 heavy (non-hydrogen) atoms. The Labute approximate surface area is 559 Å². The molecule has 0 saturated carbocycles. The van der Waals surface area contributed by atoms with E-state index >= 15 is 0 Å². The van der Waals surface area contributed by atoms with Gasteiger partial charge in [0, 0.05) is 50.8 Å². The summed E-state index contributed by atoms with van der Waals surface area (Å²) < 4.78 is 0. The lowest BCUT2D eigenvalue weighted by Crippen LogP contribution is -2.61. The number of rotatable bonds is 11. The van der Waals surface area contributed by atoms with Gasteiger partial charge in [-0.25, -0.2) is 9.97 Å². The third-order valence-electron chi connectivity index (χ3n) is 19.1. The van der Waals surface area contributed by atoms with Crippen LogP contribution in [0, 0.1) is 0 Å². The zero-order valence-electron chi connectivity index (χ0n) is 54.5. The van der Waals surface area contributed by atoms with Crippen LogP contribution in [0.4, 0.5) is 34.1 Å². The van der Waals surface area contributed by atoms with Crippen LogP contribution in [0.25, 0.3) is 101 Å². The fourth-order valence-corrected chi connectivity index (χ4v) is 14.1. The molecule has 0 bridgehead atoms. The quantitative estimate of drug-likeness (QED) is 0.121. The van der Waals surface area contributed by atoms with Gasteiger partial charge in [0.05, 0.1) is 11.4 Å². The lowest BCUT2D eigenvalue weighted by Gasteiger charge is -2.45. The molecule has 0 unspecified atom stereocenters. The van der Waals surface area contributed by atoms with Crippen molar-refractivity contribution in [3.8, 4) is 101 Å². The van der Waals surface area contributed by atoms with Gasteiger partial charge >= 0.3 is 0 Å². The van der Waals surface area contributed by atoms with E-state index in [-0.39, 0.29) is 17.5 Å². The lowest BCUT2D eigenvalue weighted by atomic mass is 9.33. The molecule has 4 nitrogen and oxygen atoms in total. The summed E-state index contributed by atoms with van der Waals surface area (Å²) in [5, 5.41) is 0. The molecule has 0 amide bonds. The molecule has 0 radical (unpaired) electrons. The summed E-state index contributed by atoms with van der Waals surface area (Å²) in [4.78, 5) is 16.8. The Morgan fingerprint density at radius 1 is 0.242 bits per heavy atom. The third-order valence-corrected chi connectivity index (χ3v) is 19.1. The second-order valence-corrected chi connectivity index (χ2v) is 27.4. The Morgan fingerprint density at radius 2 is 0.526 bits per heavy atom. The molecule has 0 spiro atoms. The standard InChI is InChI=1S/C90H71BN4/c1-89(2,3)75-41-47-83-79(57-75)91-80-58-76(90(4,5)6)42-48-84(80)95(78-45-39-67(40-46-78)61-27-15-8-16-28-61)86-56-74(55-85(87(86)91)94(83)77-43-37-66(38-44-77)60-25-13-7-14-26-60)88-92-81(72-51-68(62-29-17-9-18-30-62)49-69(52-72)63-31-19-10-20-32-63)59-82(93-88)73-53-70(64-33-21-11-22-34-64)50-71(54-73)65-35-23-12-24-36-65/h7-59H,1-6H3. The fraction of sp³-hybridized carbons (Fsp3) is 0.0889. The fourth-order valence-electron chi connectivity index (χ4n) is 14.1. The van der Waals surface area contributed by atoms with Gasteiger partial charge in [-0.2, -0.15) is 0 Å². The van der Waals surface area contributed by atoms with Gasteiger partial charge in [-0.1, -0.05) is 272 Å². The number of fused-ring (bicyclic) bond motifs is 4. The molecule has 5 heteroatoms. The van der Waals surface area contributed by atoms with Crippen molar-refractivity contribution in [2.45, 2.75) is 52.4 Å². The molecule has 14 aromatic rings. The molecule has 0 aliphatic carbocycles. The van der Waals surface area contributed by atoms with Gasteiger partial charge in [0.15, 0.2) is 5.82 Å². The van der Waals surface area contributed by atoms with Crippen LogP contribution in [0.2, 0.25) is 0 Å². The van der Waals surface area contributed by atoms with Gasteiger partial charge in [-0.3, -0.25) is 0 Å². The molecular formula is C90H71BN4.